The van der Waals surface area contributed by atoms with Gasteiger partial charge in [-0.3, -0.25) is 9.59 Å². The maximum Gasteiger partial charge on any atom is 0.275 e. The molecule has 2 aromatic carbocycles. The van der Waals surface area contributed by atoms with Crippen molar-refractivity contribution in [2.45, 2.75) is 26.6 Å². The predicted molar refractivity (Wildman–Crippen MR) is 120 cm³/mol. The molecular weight excluding hydrogens is 417 g/mol. The quantitative estimate of drug-likeness (QED) is 0.489. The summed E-state index contributed by atoms with van der Waals surface area (Å²) in [6, 6.07) is 16.1. The molecule has 0 aliphatic heterocycles. The van der Waals surface area contributed by atoms with Crippen LogP contribution in [-0.2, 0) is 24.4 Å². The van der Waals surface area contributed by atoms with Crippen molar-refractivity contribution in [1.29, 1.82) is 0 Å². The second-order valence-electron chi connectivity index (χ2n) is 7.51. The summed E-state index contributed by atoms with van der Waals surface area (Å²) in [5.41, 5.74) is 3.26. The van der Waals surface area contributed by atoms with Crippen LogP contribution in [0.5, 0.6) is 0 Å². The van der Waals surface area contributed by atoms with E-state index in [1.165, 1.54) is 16.7 Å². The zero-order valence-corrected chi connectivity index (χ0v) is 17.7. The number of hydrogen-bond donors (Lipinski definition) is 1. The summed E-state index contributed by atoms with van der Waals surface area (Å²) in [4.78, 5) is 25.5. The lowest BCUT2D eigenvalue weighted by Gasteiger charge is -2.10. The lowest BCUT2D eigenvalue weighted by Crippen LogP contribution is -2.32. The highest BCUT2D eigenvalue weighted by molar-refractivity contribution is 6.30. The van der Waals surface area contributed by atoms with Crippen molar-refractivity contribution in [2.75, 3.05) is 0 Å². The van der Waals surface area contributed by atoms with Crippen LogP contribution >= 0.6 is 11.6 Å². The van der Waals surface area contributed by atoms with Crippen LogP contribution < -0.4 is 10.9 Å². The van der Waals surface area contributed by atoms with Crippen LogP contribution in [-0.4, -0.2) is 15.0 Å². The number of rotatable bonds is 6. The van der Waals surface area contributed by atoms with Crippen molar-refractivity contribution in [3.05, 3.63) is 105 Å². The number of halogens is 2. The van der Waals surface area contributed by atoms with E-state index in [-0.39, 0.29) is 29.6 Å². The Labute approximate surface area is 183 Å². The molecule has 0 bridgehead atoms. The Balaban J connectivity index is 1.51. The lowest BCUT2D eigenvalue weighted by atomic mass is 10.1. The number of benzene rings is 2. The molecule has 1 amide bonds. The molecule has 0 fully saturated rings. The van der Waals surface area contributed by atoms with Crippen molar-refractivity contribution in [2.24, 2.45) is 0 Å². The van der Waals surface area contributed by atoms with Crippen LogP contribution in [0.25, 0.3) is 10.9 Å². The summed E-state index contributed by atoms with van der Waals surface area (Å²) in [6.45, 7) is 2.68. The fraction of sp³-hybridized carbons (Fsp3) is 0.167. The van der Waals surface area contributed by atoms with E-state index < -0.39 is 5.82 Å². The van der Waals surface area contributed by atoms with E-state index >= 15 is 0 Å². The molecule has 0 aliphatic rings. The highest BCUT2D eigenvalue weighted by Crippen LogP contribution is 2.16. The van der Waals surface area contributed by atoms with Gasteiger partial charge in [-0.2, -0.15) is 0 Å². The van der Waals surface area contributed by atoms with Crippen molar-refractivity contribution < 1.29 is 9.18 Å². The largest absolute Gasteiger partial charge is 0.350 e. The third kappa shape index (κ3) is 4.70. The number of carbonyl (C=O) groups is 1. The Morgan fingerprint density at radius 2 is 1.81 bits per heavy atom. The van der Waals surface area contributed by atoms with Gasteiger partial charge in [0.25, 0.3) is 5.56 Å². The molecule has 0 unspecified atom stereocenters. The molecule has 5 nitrogen and oxygen atoms in total. The summed E-state index contributed by atoms with van der Waals surface area (Å²) in [7, 11) is 0. The molecule has 4 aromatic rings. The molecule has 0 atom stereocenters. The molecule has 2 heterocycles. The first-order chi connectivity index (χ1) is 14.9. The maximum atomic E-state index is 13.3. The molecule has 31 heavy (non-hydrogen) atoms. The lowest BCUT2D eigenvalue weighted by molar-refractivity contribution is -0.121. The molecule has 0 saturated heterocycles. The normalized spacial score (nSPS) is 11.1. The zero-order valence-electron chi connectivity index (χ0n) is 16.9. The Morgan fingerprint density at radius 1 is 1.03 bits per heavy atom. The van der Waals surface area contributed by atoms with Gasteiger partial charge in [-0.05, 0) is 42.3 Å². The first-order valence-corrected chi connectivity index (χ1v) is 10.2. The van der Waals surface area contributed by atoms with Gasteiger partial charge in [0.1, 0.15) is 17.9 Å². The van der Waals surface area contributed by atoms with Crippen LogP contribution in [0.3, 0.4) is 0 Å². The van der Waals surface area contributed by atoms with Crippen LogP contribution in [0, 0.1) is 12.7 Å². The van der Waals surface area contributed by atoms with Crippen molar-refractivity contribution >= 4 is 28.4 Å². The maximum absolute atomic E-state index is 13.3. The smallest absolute Gasteiger partial charge is 0.275 e. The van der Waals surface area contributed by atoms with Crippen LogP contribution in [0.4, 0.5) is 4.39 Å². The standard InChI is InChI=1S/C24H21ClFN3O2/c1-16-3-2-4-18(11-16)14-28-9-7-19-8-10-29(24(31)23(19)28)15-22(30)27-13-17-5-6-21(26)20(25)12-17/h2-12H,13-15H2,1H3,(H,27,30). The number of aryl methyl sites for hydroxylation is 1. The zero-order chi connectivity index (χ0) is 22.0. The minimum Gasteiger partial charge on any atom is -0.350 e. The number of nitrogens with one attached hydrogen (secondary N) is 1. The Hall–Kier alpha value is -3.38. The molecule has 0 spiro atoms. The van der Waals surface area contributed by atoms with Gasteiger partial charge in [0.2, 0.25) is 5.91 Å². The van der Waals surface area contributed by atoms with Crippen molar-refractivity contribution in [1.82, 2.24) is 14.5 Å². The highest BCUT2D eigenvalue weighted by Gasteiger charge is 2.11. The Morgan fingerprint density at radius 3 is 2.55 bits per heavy atom. The first-order valence-electron chi connectivity index (χ1n) is 9.85. The fourth-order valence-corrected chi connectivity index (χ4v) is 3.77. The van der Waals surface area contributed by atoms with E-state index in [2.05, 4.69) is 11.4 Å². The van der Waals surface area contributed by atoms with Gasteiger partial charge >= 0.3 is 0 Å². The molecule has 0 radical (unpaired) electrons. The summed E-state index contributed by atoms with van der Waals surface area (Å²) in [5.74, 6) is -0.830. The van der Waals surface area contributed by atoms with Crippen molar-refractivity contribution in [3.63, 3.8) is 0 Å². The minimum atomic E-state index is -0.509. The molecule has 7 heteroatoms. The molecule has 4 rings (SSSR count). The van der Waals surface area contributed by atoms with Crippen LogP contribution in [0.15, 0.2) is 71.8 Å². The third-order valence-electron chi connectivity index (χ3n) is 5.12. The molecular formula is C24H21ClFN3O2. The van der Waals surface area contributed by atoms with Gasteiger partial charge in [-0.15, -0.1) is 0 Å². The molecule has 2 aromatic heterocycles. The van der Waals surface area contributed by atoms with Gasteiger partial charge in [-0.25, -0.2) is 4.39 Å². The number of carbonyl (C=O) groups excluding carboxylic acids is 1. The van der Waals surface area contributed by atoms with Gasteiger partial charge in [0.15, 0.2) is 0 Å². The van der Waals surface area contributed by atoms with E-state index in [9.17, 15) is 14.0 Å². The number of pyridine rings is 1. The summed E-state index contributed by atoms with van der Waals surface area (Å²) >= 11 is 5.77. The van der Waals surface area contributed by atoms with E-state index in [1.54, 1.807) is 12.3 Å². The van der Waals surface area contributed by atoms with Gasteiger partial charge in [0, 0.05) is 30.9 Å². The molecule has 0 saturated carbocycles. The summed E-state index contributed by atoms with van der Waals surface area (Å²) in [5, 5.41) is 3.57. The fourth-order valence-electron chi connectivity index (χ4n) is 3.57. The monoisotopic (exact) mass is 437 g/mol. The van der Waals surface area contributed by atoms with Gasteiger partial charge < -0.3 is 14.5 Å². The Kier molecular flexibility index (Phi) is 5.91. The Bertz CT molecular complexity index is 1330. The van der Waals surface area contributed by atoms with Gasteiger partial charge in [-0.1, -0.05) is 47.5 Å². The topological polar surface area (TPSA) is 56.0 Å². The van der Waals surface area contributed by atoms with E-state index in [4.69, 9.17) is 11.6 Å². The molecule has 0 aliphatic carbocycles. The number of amides is 1. The average Bonchev–Trinajstić information content (AvgIpc) is 3.14. The average molecular weight is 438 g/mol. The summed E-state index contributed by atoms with van der Waals surface area (Å²) in [6.07, 6.45) is 3.51. The number of nitrogens with zero attached hydrogens (tertiary/aromatic N) is 2. The minimum absolute atomic E-state index is 0.00259. The van der Waals surface area contributed by atoms with Crippen LogP contribution in [0.2, 0.25) is 5.02 Å². The second kappa shape index (κ2) is 8.78. The summed E-state index contributed by atoms with van der Waals surface area (Å²) < 4.78 is 16.6. The first kappa shape index (κ1) is 20.9. The number of fused-ring (bicyclic) bond motifs is 1. The number of aromatic nitrogens is 2. The van der Waals surface area contributed by atoms with Crippen molar-refractivity contribution in [3.8, 4) is 0 Å². The van der Waals surface area contributed by atoms with E-state index in [1.807, 2.05) is 48.0 Å². The second-order valence-corrected chi connectivity index (χ2v) is 7.92. The number of hydrogen-bond acceptors (Lipinski definition) is 2. The van der Waals surface area contributed by atoms with Crippen LogP contribution in [0.1, 0.15) is 16.7 Å². The highest BCUT2D eigenvalue weighted by atomic mass is 35.5. The van der Waals surface area contributed by atoms with E-state index in [0.29, 0.717) is 17.6 Å². The SMILES string of the molecule is Cc1cccc(Cn2ccc3ccn(CC(=O)NCc4ccc(F)c(Cl)c4)c(=O)c32)c1. The van der Waals surface area contributed by atoms with E-state index in [0.717, 1.165) is 16.5 Å². The molecule has 158 valence electrons. The molecule has 1 N–H and O–H groups in total. The van der Waals surface area contributed by atoms with Gasteiger partial charge in [0.05, 0.1) is 5.02 Å². The predicted octanol–water partition coefficient (Wildman–Crippen LogP) is 4.27. The third-order valence-corrected chi connectivity index (χ3v) is 5.40.